The molecular weight excluding hydrogens is 278 g/mol. The van der Waals surface area contributed by atoms with Crippen LogP contribution in [0.4, 0.5) is 5.69 Å². The number of rotatable bonds is 6. The third-order valence-corrected chi connectivity index (χ3v) is 4.45. The lowest BCUT2D eigenvalue weighted by molar-refractivity contribution is -0.136. The van der Waals surface area contributed by atoms with E-state index >= 15 is 0 Å². The van der Waals surface area contributed by atoms with Crippen LogP contribution >= 0.6 is 0 Å². The Hall–Kier alpha value is -1.84. The van der Waals surface area contributed by atoms with Gasteiger partial charge in [0.05, 0.1) is 0 Å². The summed E-state index contributed by atoms with van der Waals surface area (Å²) in [6, 6.07) is 7.59. The van der Waals surface area contributed by atoms with Gasteiger partial charge in [0.1, 0.15) is 6.54 Å². The van der Waals surface area contributed by atoms with Gasteiger partial charge in [-0.2, -0.15) is 0 Å². The third kappa shape index (κ3) is 4.33. The summed E-state index contributed by atoms with van der Waals surface area (Å²) in [4.78, 5) is 25.3. The molecule has 1 aliphatic rings. The smallest absolute Gasteiger partial charge is 0.323 e. The van der Waals surface area contributed by atoms with Crippen molar-refractivity contribution in [3.63, 3.8) is 0 Å². The Kier molecular flexibility index (Phi) is 5.99. The van der Waals surface area contributed by atoms with E-state index in [-0.39, 0.29) is 12.5 Å². The van der Waals surface area contributed by atoms with Crippen LogP contribution in [0.25, 0.3) is 0 Å². The molecule has 0 bridgehead atoms. The Bertz CT molecular complexity index is 521. The zero-order valence-electron chi connectivity index (χ0n) is 13.3. The molecule has 1 amide bonds. The van der Waals surface area contributed by atoms with Crippen molar-refractivity contribution in [2.45, 2.75) is 51.9 Å². The summed E-state index contributed by atoms with van der Waals surface area (Å²) >= 11 is 0. The molecule has 0 spiro atoms. The predicted molar refractivity (Wildman–Crippen MR) is 87.0 cm³/mol. The van der Waals surface area contributed by atoms with Gasteiger partial charge in [-0.3, -0.25) is 9.59 Å². The molecule has 0 aliphatic heterocycles. The average molecular weight is 303 g/mol. The number of amides is 1. The zero-order valence-corrected chi connectivity index (χ0v) is 13.3. The quantitative estimate of drug-likeness (QED) is 0.873. The number of hydrogen-bond donors (Lipinski definition) is 1. The Morgan fingerprint density at radius 3 is 2.50 bits per heavy atom. The summed E-state index contributed by atoms with van der Waals surface area (Å²) in [7, 11) is 0. The topological polar surface area (TPSA) is 57.6 Å². The van der Waals surface area contributed by atoms with Crippen molar-refractivity contribution in [2.75, 3.05) is 11.4 Å². The van der Waals surface area contributed by atoms with Crippen LogP contribution in [-0.4, -0.2) is 23.5 Å². The monoisotopic (exact) mass is 303 g/mol. The molecule has 0 aromatic heterocycles. The first-order valence-corrected chi connectivity index (χ1v) is 8.22. The lowest BCUT2D eigenvalue weighted by atomic mass is 9.86. The van der Waals surface area contributed by atoms with E-state index in [1.54, 1.807) is 0 Å². The van der Waals surface area contributed by atoms with Crippen LogP contribution in [0.15, 0.2) is 24.3 Å². The van der Waals surface area contributed by atoms with E-state index < -0.39 is 5.97 Å². The van der Waals surface area contributed by atoms with Gasteiger partial charge in [0.25, 0.3) is 0 Å². The van der Waals surface area contributed by atoms with Gasteiger partial charge in [0.15, 0.2) is 0 Å². The largest absolute Gasteiger partial charge is 0.480 e. The number of carboxylic acids is 1. The first-order chi connectivity index (χ1) is 10.6. The number of aliphatic carboxylic acids is 1. The lowest BCUT2D eigenvalue weighted by Crippen LogP contribution is -2.37. The van der Waals surface area contributed by atoms with Crippen LogP contribution in [0.2, 0.25) is 0 Å². The standard InChI is InChI=1S/C18H25NO3/c1-2-15-10-6-7-11-16(15)19(13-18(21)22)17(20)12-14-8-4-3-5-9-14/h6-7,10-11,14H,2-5,8-9,12-13H2,1H3,(H,21,22). The van der Waals surface area contributed by atoms with Gasteiger partial charge in [-0.1, -0.05) is 44.4 Å². The Balaban J connectivity index is 2.17. The molecule has 1 fully saturated rings. The summed E-state index contributed by atoms with van der Waals surface area (Å²) < 4.78 is 0. The molecule has 0 unspecified atom stereocenters. The van der Waals surface area contributed by atoms with Crippen LogP contribution in [0.3, 0.4) is 0 Å². The van der Waals surface area contributed by atoms with E-state index in [9.17, 15) is 9.59 Å². The Labute approximate surface area is 132 Å². The molecule has 1 saturated carbocycles. The summed E-state index contributed by atoms with van der Waals surface area (Å²) in [5.74, 6) is -0.621. The summed E-state index contributed by atoms with van der Waals surface area (Å²) in [5.41, 5.74) is 1.76. The molecular formula is C18H25NO3. The highest BCUT2D eigenvalue weighted by atomic mass is 16.4. The van der Waals surface area contributed by atoms with Crippen molar-refractivity contribution in [3.8, 4) is 0 Å². The van der Waals surface area contributed by atoms with E-state index in [1.165, 1.54) is 24.2 Å². The second kappa shape index (κ2) is 7.97. The van der Waals surface area contributed by atoms with Gasteiger partial charge < -0.3 is 10.0 Å². The number of carbonyl (C=O) groups excluding carboxylic acids is 1. The van der Waals surface area contributed by atoms with Crippen molar-refractivity contribution in [2.24, 2.45) is 5.92 Å². The fourth-order valence-electron chi connectivity index (χ4n) is 3.26. The molecule has 2 rings (SSSR count). The molecule has 4 heteroatoms. The average Bonchev–Trinajstić information content (AvgIpc) is 2.53. The van der Waals surface area contributed by atoms with Crippen LogP contribution in [0.1, 0.15) is 51.0 Å². The molecule has 1 aromatic rings. The van der Waals surface area contributed by atoms with Crippen molar-refractivity contribution in [3.05, 3.63) is 29.8 Å². The van der Waals surface area contributed by atoms with Crippen LogP contribution < -0.4 is 4.90 Å². The van der Waals surface area contributed by atoms with Crippen LogP contribution in [0, 0.1) is 5.92 Å². The molecule has 1 aromatic carbocycles. The summed E-state index contributed by atoms with van der Waals surface area (Å²) in [5, 5.41) is 9.17. The van der Waals surface area contributed by atoms with Gasteiger partial charge in [-0.05, 0) is 36.8 Å². The van der Waals surface area contributed by atoms with Gasteiger partial charge in [-0.25, -0.2) is 0 Å². The number of anilines is 1. The van der Waals surface area contributed by atoms with E-state index in [1.807, 2.05) is 31.2 Å². The first kappa shape index (κ1) is 16.5. The molecule has 0 atom stereocenters. The summed E-state index contributed by atoms with van der Waals surface area (Å²) in [6.07, 6.45) is 7.03. The zero-order chi connectivity index (χ0) is 15.9. The van der Waals surface area contributed by atoms with E-state index in [0.29, 0.717) is 12.3 Å². The van der Waals surface area contributed by atoms with E-state index in [0.717, 1.165) is 30.5 Å². The first-order valence-electron chi connectivity index (χ1n) is 8.22. The number of carboxylic acid groups (broad SMARTS) is 1. The maximum atomic E-state index is 12.7. The molecule has 0 heterocycles. The van der Waals surface area contributed by atoms with Gasteiger partial charge in [0.2, 0.25) is 5.91 Å². The fraction of sp³-hybridized carbons (Fsp3) is 0.556. The number of para-hydroxylation sites is 1. The molecule has 22 heavy (non-hydrogen) atoms. The number of benzene rings is 1. The Morgan fingerprint density at radius 1 is 1.18 bits per heavy atom. The van der Waals surface area contributed by atoms with Gasteiger partial charge in [0, 0.05) is 12.1 Å². The van der Waals surface area contributed by atoms with Crippen LogP contribution in [-0.2, 0) is 16.0 Å². The molecule has 0 radical (unpaired) electrons. The SMILES string of the molecule is CCc1ccccc1N(CC(=O)O)C(=O)CC1CCCCC1. The minimum Gasteiger partial charge on any atom is -0.480 e. The highest BCUT2D eigenvalue weighted by Gasteiger charge is 2.24. The van der Waals surface area contributed by atoms with Crippen molar-refractivity contribution < 1.29 is 14.7 Å². The minimum absolute atomic E-state index is 0.0600. The number of carbonyl (C=O) groups is 2. The van der Waals surface area contributed by atoms with Crippen molar-refractivity contribution >= 4 is 17.6 Å². The maximum absolute atomic E-state index is 12.7. The predicted octanol–water partition coefficient (Wildman–Crippen LogP) is 3.64. The van der Waals surface area contributed by atoms with E-state index in [4.69, 9.17) is 5.11 Å². The number of hydrogen-bond acceptors (Lipinski definition) is 2. The molecule has 0 saturated heterocycles. The number of nitrogens with zero attached hydrogens (tertiary/aromatic N) is 1. The molecule has 4 nitrogen and oxygen atoms in total. The number of aryl methyl sites for hydroxylation is 1. The molecule has 1 aliphatic carbocycles. The lowest BCUT2D eigenvalue weighted by Gasteiger charge is -2.27. The van der Waals surface area contributed by atoms with Gasteiger partial charge >= 0.3 is 5.97 Å². The second-order valence-corrected chi connectivity index (χ2v) is 6.06. The van der Waals surface area contributed by atoms with Crippen LogP contribution in [0.5, 0.6) is 0 Å². The maximum Gasteiger partial charge on any atom is 0.323 e. The third-order valence-electron chi connectivity index (χ3n) is 4.45. The van der Waals surface area contributed by atoms with Crippen molar-refractivity contribution in [1.29, 1.82) is 0 Å². The highest BCUT2D eigenvalue weighted by molar-refractivity contribution is 5.98. The minimum atomic E-state index is -0.970. The molecule has 120 valence electrons. The summed E-state index contributed by atoms with van der Waals surface area (Å²) in [6.45, 7) is 1.76. The van der Waals surface area contributed by atoms with Gasteiger partial charge in [-0.15, -0.1) is 0 Å². The Morgan fingerprint density at radius 2 is 1.86 bits per heavy atom. The molecule has 1 N–H and O–H groups in total. The van der Waals surface area contributed by atoms with Crippen molar-refractivity contribution in [1.82, 2.24) is 0 Å². The fourth-order valence-corrected chi connectivity index (χ4v) is 3.26. The van der Waals surface area contributed by atoms with E-state index in [2.05, 4.69) is 0 Å². The normalized spacial score (nSPS) is 15.5. The highest BCUT2D eigenvalue weighted by Crippen LogP contribution is 2.29. The second-order valence-electron chi connectivity index (χ2n) is 6.06.